The van der Waals surface area contributed by atoms with Gasteiger partial charge in [0.2, 0.25) is 0 Å². The van der Waals surface area contributed by atoms with E-state index < -0.39 is 9.07 Å². The van der Waals surface area contributed by atoms with Crippen molar-refractivity contribution in [2.75, 3.05) is 0 Å². The summed E-state index contributed by atoms with van der Waals surface area (Å²) in [5.74, 6) is 0. The second kappa shape index (κ2) is 11.6. The fraction of sp³-hybridized carbons (Fsp3) is 1.00. The summed E-state index contributed by atoms with van der Waals surface area (Å²) in [6.45, 7) is 6.77. The van der Waals surface area contributed by atoms with E-state index in [-0.39, 0.29) is 5.60 Å². The van der Waals surface area contributed by atoms with Gasteiger partial charge in [-0.15, -0.1) is 11.1 Å². The summed E-state index contributed by atoms with van der Waals surface area (Å²) in [6.07, 6.45) is 12.8. The number of rotatable bonds is 12. The minimum Gasteiger partial charge on any atom is -0.402 e. The molecule has 17 heavy (non-hydrogen) atoms. The van der Waals surface area contributed by atoms with Gasteiger partial charge in [0, 0.05) is 0 Å². The molecule has 0 spiro atoms. The summed E-state index contributed by atoms with van der Waals surface area (Å²) in [5.41, 5.74) is 0.129. The highest BCUT2D eigenvalue weighted by atomic mass is 35.6. The van der Waals surface area contributed by atoms with Gasteiger partial charge in [0.05, 0.1) is 5.60 Å². The fourth-order valence-corrected chi connectivity index (χ4v) is 4.03. The highest BCUT2D eigenvalue weighted by Gasteiger charge is 2.27. The van der Waals surface area contributed by atoms with Gasteiger partial charge in [-0.3, -0.25) is 0 Å². The molecule has 0 aliphatic carbocycles. The van der Waals surface area contributed by atoms with Crippen molar-refractivity contribution in [1.29, 1.82) is 0 Å². The normalized spacial score (nSPS) is 12.7. The topological polar surface area (TPSA) is 9.23 Å². The largest absolute Gasteiger partial charge is 0.402 e. The quantitative estimate of drug-likeness (QED) is 0.279. The molecule has 0 radical (unpaired) electrons. The van der Waals surface area contributed by atoms with Crippen LogP contribution < -0.4 is 0 Å². The highest BCUT2D eigenvalue weighted by molar-refractivity contribution is 6.90. The van der Waals surface area contributed by atoms with Gasteiger partial charge in [-0.1, -0.05) is 65.7 Å². The second-order valence-electron chi connectivity index (χ2n) is 5.10. The predicted molar refractivity (Wildman–Crippen MR) is 81.4 cm³/mol. The van der Waals surface area contributed by atoms with E-state index >= 15 is 0 Å². The summed E-state index contributed by atoms with van der Waals surface area (Å²) in [4.78, 5) is 0. The van der Waals surface area contributed by atoms with Crippen molar-refractivity contribution >= 4 is 20.2 Å². The van der Waals surface area contributed by atoms with Gasteiger partial charge in [-0.25, -0.2) is 0 Å². The molecule has 1 nitrogen and oxygen atoms in total. The number of hydrogen-bond acceptors (Lipinski definition) is 1. The van der Waals surface area contributed by atoms with E-state index in [4.69, 9.17) is 15.5 Å². The molecule has 0 aromatic heterocycles. The van der Waals surface area contributed by atoms with E-state index in [1.54, 1.807) is 0 Å². The number of halogens is 1. The van der Waals surface area contributed by atoms with Crippen LogP contribution in [0.25, 0.3) is 0 Å². The van der Waals surface area contributed by atoms with Crippen LogP contribution in [0.2, 0.25) is 0 Å². The van der Waals surface area contributed by atoms with Crippen LogP contribution in [-0.2, 0) is 4.43 Å². The SMILES string of the molecule is CCCCCCCC(CCC)(CCC)O[SiH2]Cl. The Balaban J connectivity index is 4.05. The molecular weight excluding hydrogens is 248 g/mol. The molecule has 0 fully saturated rings. The van der Waals surface area contributed by atoms with Gasteiger partial charge in [0.1, 0.15) is 0 Å². The van der Waals surface area contributed by atoms with E-state index in [1.165, 1.54) is 64.2 Å². The van der Waals surface area contributed by atoms with Crippen molar-refractivity contribution in [2.45, 2.75) is 90.6 Å². The lowest BCUT2D eigenvalue weighted by atomic mass is 9.87. The first-order valence-corrected chi connectivity index (χ1v) is 10.2. The van der Waals surface area contributed by atoms with Crippen molar-refractivity contribution in [3.8, 4) is 0 Å². The molecule has 104 valence electrons. The summed E-state index contributed by atoms with van der Waals surface area (Å²) in [7, 11) is -0.802. The van der Waals surface area contributed by atoms with Crippen molar-refractivity contribution < 1.29 is 4.43 Å². The Morgan fingerprint density at radius 3 is 1.88 bits per heavy atom. The Bertz CT molecular complexity index is 147. The summed E-state index contributed by atoms with van der Waals surface area (Å²) < 4.78 is 6.02. The van der Waals surface area contributed by atoms with E-state index in [2.05, 4.69) is 20.8 Å². The molecular formula is C14H31ClOSi. The predicted octanol–water partition coefficient (Wildman–Crippen LogP) is 4.94. The fourth-order valence-electron chi connectivity index (χ4n) is 2.67. The molecule has 0 saturated heterocycles. The zero-order chi connectivity index (χ0) is 13.0. The lowest BCUT2D eigenvalue weighted by Gasteiger charge is -2.34. The standard InChI is InChI=1S/C14H31ClOSi/c1-4-7-8-9-10-13-14(11-5-2,12-6-3)16-17-15/h4-13,17H2,1-3H3. The second-order valence-corrected chi connectivity index (χ2v) is 6.26. The van der Waals surface area contributed by atoms with Gasteiger partial charge in [-0.2, -0.15) is 0 Å². The van der Waals surface area contributed by atoms with Gasteiger partial charge < -0.3 is 4.43 Å². The first-order valence-electron chi connectivity index (χ1n) is 7.44. The van der Waals surface area contributed by atoms with Gasteiger partial charge in [0.15, 0.2) is 0 Å². The van der Waals surface area contributed by atoms with Crippen LogP contribution >= 0.6 is 11.1 Å². The first kappa shape index (κ1) is 17.5. The molecule has 0 atom stereocenters. The van der Waals surface area contributed by atoms with Crippen LogP contribution in [0, 0.1) is 0 Å². The average molecular weight is 279 g/mol. The van der Waals surface area contributed by atoms with Crippen LogP contribution in [0.1, 0.15) is 85.0 Å². The van der Waals surface area contributed by atoms with Gasteiger partial charge in [0.25, 0.3) is 9.07 Å². The van der Waals surface area contributed by atoms with Crippen LogP contribution in [0.3, 0.4) is 0 Å². The lowest BCUT2D eigenvalue weighted by molar-refractivity contribution is 0.0442. The van der Waals surface area contributed by atoms with E-state index in [0.717, 1.165) is 0 Å². The summed E-state index contributed by atoms with van der Waals surface area (Å²) >= 11 is 5.94. The average Bonchev–Trinajstić information content (AvgIpc) is 2.30. The molecule has 0 bridgehead atoms. The lowest BCUT2D eigenvalue weighted by Crippen LogP contribution is -2.33. The Morgan fingerprint density at radius 1 is 0.824 bits per heavy atom. The monoisotopic (exact) mass is 278 g/mol. The maximum Gasteiger partial charge on any atom is 0.259 e. The molecule has 0 amide bonds. The smallest absolute Gasteiger partial charge is 0.259 e. The molecule has 0 rings (SSSR count). The minimum atomic E-state index is -0.802. The van der Waals surface area contributed by atoms with E-state index in [9.17, 15) is 0 Å². The molecule has 0 unspecified atom stereocenters. The Hall–Kier alpha value is 0.467. The number of hydrogen-bond donors (Lipinski definition) is 0. The maximum absolute atomic E-state index is 6.02. The van der Waals surface area contributed by atoms with E-state index in [0.29, 0.717) is 0 Å². The Morgan fingerprint density at radius 2 is 1.41 bits per heavy atom. The van der Waals surface area contributed by atoms with Crippen molar-refractivity contribution in [3.05, 3.63) is 0 Å². The molecule has 0 aliphatic heterocycles. The molecule has 0 heterocycles. The maximum atomic E-state index is 6.02. The van der Waals surface area contributed by atoms with Crippen LogP contribution in [-0.4, -0.2) is 14.7 Å². The third kappa shape index (κ3) is 8.23. The third-order valence-corrected chi connectivity index (χ3v) is 4.56. The molecule has 0 N–H and O–H groups in total. The van der Waals surface area contributed by atoms with Crippen molar-refractivity contribution in [1.82, 2.24) is 0 Å². The van der Waals surface area contributed by atoms with Crippen LogP contribution in [0.5, 0.6) is 0 Å². The van der Waals surface area contributed by atoms with Crippen molar-refractivity contribution in [2.24, 2.45) is 0 Å². The van der Waals surface area contributed by atoms with Gasteiger partial charge >= 0.3 is 0 Å². The van der Waals surface area contributed by atoms with Crippen LogP contribution in [0.15, 0.2) is 0 Å². The van der Waals surface area contributed by atoms with Crippen molar-refractivity contribution in [3.63, 3.8) is 0 Å². The number of unbranched alkanes of at least 4 members (excludes halogenated alkanes) is 4. The molecule has 0 aromatic rings. The summed E-state index contributed by atoms with van der Waals surface area (Å²) in [5, 5.41) is 0. The first-order chi connectivity index (χ1) is 8.24. The third-order valence-electron chi connectivity index (χ3n) is 3.51. The molecule has 0 saturated carbocycles. The Labute approximate surface area is 115 Å². The zero-order valence-electron chi connectivity index (χ0n) is 12.1. The summed E-state index contributed by atoms with van der Waals surface area (Å²) in [6, 6.07) is 0. The van der Waals surface area contributed by atoms with Gasteiger partial charge in [-0.05, 0) is 19.3 Å². The Kier molecular flexibility index (Phi) is 11.9. The molecule has 0 aliphatic rings. The molecule has 3 heteroatoms. The zero-order valence-corrected chi connectivity index (χ0v) is 14.2. The minimum absolute atomic E-state index is 0.129. The highest BCUT2D eigenvalue weighted by Crippen LogP contribution is 2.30. The van der Waals surface area contributed by atoms with Crippen LogP contribution in [0.4, 0.5) is 0 Å². The molecule has 0 aromatic carbocycles. The van der Waals surface area contributed by atoms with E-state index in [1.807, 2.05) is 0 Å².